The first-order valence-electron chi connectivity index (χ1n) is 7.35. The molecule has 2 aromatic heterocycles. The molecule has 0 saturated carbocycles. The lowest BCUT2D eigenvalue weighted by Crippen LogP contribution is -2.28. The van der Waals surface area contributed by atoms with Crippen LogP contribution in [0.25, 0.3) is 22.6 Å². The molecule has 0 bridgehead atoms. The van der Waals surface area contributed by atoms with E-state index in [-0.39, 0.29) is 5.41 Å². The first kappa shape index (κ1) is 12.6. The van der Waals surface area contributed by atoms with E-state index in [0.717, 1.165) is 36.9 Å². The number of furan rings is 1. The average molecular weight is 283 g/mol. The fourth-order valence-corrected chi connectivity index (χ4v) is 3.01. The van der Waals surface area contributed by atoms with Crippen LogP contribution in [0.15, 0.2) is 39.3 Å². The van der Waals surface area contributed by atoms with Crippen molar-refractivity contribution in [3.8, 4) is 11.6 Å². The van der Waals surface area contributed by atoms with E-state index in [1.54, 1.807) is 0 Å². The largest absolute Gasteiger partial charge is 0.453 e. The van der Waals surface area contributed by atoms with Gasteiger partial charge in [-0.2, -0.15) is 4.98 Å². The van der Waals surface area contributed by atoms with E-state index in [0.29, 0.717) is 17.5 Å². The lowest BCUT2D eigenvalue weighted by molar-refractivity contribution is 0.285. The van der Waals surface area contributed by atoms with Gasteiger partial charge in [0, 0.05) is 11.9 Å². The average Bonchev–Trinajstić information content (AvgIpc) is 3.24. The van der Waals surface area contributed by atoms with Crippen molar-refractivity contribution in [3.05, 3.63) is 36.2 Å². The second-order valence-electron chi connectivity index (χ2n) is 5.63. The van der Waals surface area contributed by atoms with Gasteiger partial charge < -0.3 is 14.3 Å². The molecule has 1 aliphatic rings. The van der Waals surface area contributed by atoms with Crippen molar-refractivity contribution in [2.24, 2.45) is 0 Å². The third-order valence-electron chi connectivity index (χ3n) is 4.45. The Bertz CT molecular complexity index is 736. The monoisotopic (exact) mass is 283 g/mol. The number of nitrogens with zero attached hydrogens (tertiary/aromatic N) is 2. The lowest BCUT2D eigenvalue weighted by Gasteiger charge is -2.20. The van der Waals surface area contributed by atoms with E-state index in [2.05, 4.69) is 22.4 Å². The van der Waals surface area contributed by atoms with Crippen molar-refractivity contribution in [3.63, 3.8) is 0 Å². The van der Waals surface area contributed by atoms with Crippen LogP contribution in [0.3, 0.4) is 0 Å². The SMILES string of the molecule is CCC1(c2nc(-c3cc4ccccc4o3)no2)CCNC1. The van der Waals surface area contributed by atoms with Crippen molar-refractivity contribution in [1.29, 1.82) is 0 Å². The molecule has 1 fully saturated rings. The third kappa shape index (κ3) is 1.96. The molecular formula is C16H17N3O2. The molecule has 108 valence electrons. The number of aromatic nitrogens is 2. The van der Waals surface area contributed by atoms with Crippen LogP contribution >= 0.6 is 0 Å². The molecule has 21 heavy (non-hydrogen) atoms. The first-order valence-corrected chi connectivity index (χ1v) is 7.35. The Morgan fingerprint density at radius 2 is 2.24 bits per heavy atom. The van der Waals surface area contributed by atoms with Gasteiger partial charge in [-0.1, -0.05) is 30.3 Å². The molecule has 0 spiro atoms. The van der Waals surface area contributed by atoms with Gasteiger partial charge in [-0.05, 0) is 31.5 Å². The number of fused-ring (bicyclic) bond motifs is 1. The molecule has 0 amide bonds. The van der Waals surface area contributed by atoms with E-state index in [4.69, 9.17) is 8.94 Å². The summed E-state index contributed by atoms with van der Waals surface area (Å²) in [5.41, 5.74) is 0.809. The Kier molecular flexibility index (Phi) is 2.82. The predicted molar refractivity (Wildman–Crippen MR) is 79.0 cm³/mol. The second-order valence-corrected chi connectivity index (χ2v) is 5.63. The quantitative estimate of drug-likeness (QED) is 0.800. The zero-order valence-electron chi connectivity index (χ0n) is 11.9. The van der Waals surface area contributed by atoms with Crippen molar-refractivity contribution in [1.82, 2.24) is 15.5 Å². The predicted octanol–water partition coefficient (Wildman–Crippen LogP) is 3.12. The maximum Gasteiger partial charge on any atom is 0.238 e. The van der Waals surface area contributed by atoms with Crippen molar-refractivity contribution < 1.29 is 8.94 Å². The smallest absolute Gasteiger partial charge is 0.238 e. The maximum atomic E-state index is 5.80. The van der Waals surface area contributed by atoms with Crippen LogP contribution in [-0.4, -0.2) is 23.2 Å². The van der Waals surface area contributed by atoms with Crippen molar-refractivity contribution in [2.45, 2.75) is 25.2 Å². The number of hydrogen-bond donors (Lipinski definition) is 1. The van der Waals surface area contributed by atoms with Gasteiger partial charge in [-0.25, -0.2) is 0 Å². The Balaban J connectivity index is 1.73. The normalized spacial score (nSPS) is 22.1. The summed E-state index contributed by atoms with van der Waals surface area (Å²) in [5, 5.41) is 8.54. The van der Waals surface area contributed by atoms with E-state index in [9.17, 15) is 0 Å². The maximum absolute atomic E-state index is 5.80. The fraction of sp³-hybridized carbons (Fsp3) is 0.375. The Morgan fingerprint density at radius 1 is 1.33 bits per heavy atom. The molecule has 1 unspecified atom stereocenters. The van der Waals surface area contributed by atoms with Gasteiger partial charge in [0.2, 0.25) is 11.7 Å². The molecule has 1 N–H and O–H groups in total. The summed E-state index contributed by atoms with van der Waals surface area (Å²) in [7, 11) is 0. The first-order chi connectivity index (χ1) is 10.3. The molecular weight excluding hydrogens is 266 g/mol. The summed E-state index contributed by atoms with van der Waals surface area (Å²) < 4.78 is 11.3. The van der Waals surface area contributed by atoms with E-state index >= 15 is 0 Å². The number of hydrogen-bond acceptors (Lipinski definition) is 5. The number of nitrogens with one attached hydrogen (secondary N) is 1. The standard InChI is InChI=1S/C16H17N3O2/c1-2-16(7-8-17-10-16)15-18-14(19-21-15)13-9-11-5-3-4-6-12(11)20-13/h3-6,9,17H,2,7-8,10H2,1H3. The summed E-state index contributed by atoms with van der Waals surface area (Å²) in [6, 6.07) is 9.84. The molecule has 1 saturated heterocycles. The summed E-state index contributed by atoms with van der Waals surface area (Å²) in [6.45, 7) is 4.06. The molecule has 4 rings (SSSR count). The van der Waals surface area contributed by atoms with Gasteiger partial charge in [-0.3, -0.25) is 0 Å². The molecule has 3 aromatic rings. The molecule has 0 radical (unpaired) electrons. The number of para-hydroxylation sites is 1. The van der Waals surface area contributed by atoms with E-state index in [1.165, 1.54) is 0 Å². The summed E-state index contributed by atoms with van der Waals surface area (Å²) in [6.07, 6.45) is 2.02. The van der Waals surface area contributed by atoms with Crippen LogP contribution in [-0.2, 0) is 5.41 Å². The van der Waals surface area contributed by atoms with Crippen LogP contribution < -0.4 is 5.32 Å². The zero-order chi connectivity index (χ0) is 14.3. The van der Waals surface area contributed by atoms with E-state index < -0.39 is 0 Å². The van der Waals surface area contributed by atoms with Crippen LogP contribution in [0.1, 0.15) is 25.7 Å². The van der Waals surface area contributed by atoms with Crippen LogP contribution in [0.5, 0.6) is 0 Å². The minimum absolute atomic E-state index is 0.0305. The van der Waals surface area contributed by atoms with Gasteiger partial charge in [0.25, 0.3) is 0 Å². The van der Waals surface area contributed by atoms with Gasteiger partial charge in [0.05, 0.1) is 5.41 Å². The van der Waals surface area contributed by atoms with E-state index in [1.807, 2.05) is 30.3 Å². The van der Waals surface area contributed by atoms with Gasteiger partial charge in [0.15, 0.2) is 5.76 Å². The molecule has 1 atom stereocenters. The molecule has 5 heteroatoms. The molecule has 3 heterocycles. The highest BCUT2D eigenvalue weighted by molar-refractivity contribution is 5.81. The minimum Gasteiger partial charge on any atom is -0.453 e. The van der Waals surface area contributed by atoms with Crippen LogP contribution in [0.2, 0.25) is 0 Å². The van der Waals surface area contributed by atoms with Gasteiger partial charge in [-0.15, -0.1) is 0 Å². The highest BCUT2D eigenvalue weighted by atomic mass is 16.5. The third-order valence-corrected chi connectivity index (χ3v) is 4.45. The lowest BCUT2D eigenvalue weighted by atomic mass is 9.84. The number of benzene rings is 1. The molecule has 1 aromatic carbocycles. The zero-order valence-corrected chi connectivity index (χ0v) is 11.9. The van der Waals surface area contributed by atoms with Gasteiger partial charge in [0.1, 0.15) is 5.58 Å². The highest BCUT2D eigenvalue weighted by Crippen LogP contribution is 2.34. The molecule has 0 aliphatic carbocycles. The Hall–Kier alpha value is -2.14. The Labute approximate surface area is 122 Å². The van der Waals surface area contributed by atoms with Crippen LogP contribution in [0, 0.1) is 0 Å². The van der Waals surface area contributed by atoms with Crippen molar-refractivity contribution in [2.75, 3.05) is 13.1 Å². The summed E-state index contributed by atoms with van der Waals surface area (Å²) >= 11 is 0. The Morgan fingerprint density at radius 3 is 3.00 bits per heavy atom. The fourth-order valence-electron chi connectivity index (χ4n) is 3.01. The van der Waals surface area contributed by atoms with Crippen LogP contribution in [0.4, 0.5) is 0 Å². The molecule has 5 nitrogen and oxygen atoms in total. The minimum atomic E-state index is -0.0305. The topological polar surface area (TPSA) is 64.1 Å². The van der Waals surface area contributed by atoms with Crippen molar-refractivity contribution >= 4 is 11.0 Å². The molecule has 1 aliphatic heterocycles. The summed E-state index contributed by atoms with van der Waals surface area (Å²) in [4.78, 5) is 4.59. The second kappa shape index (κ2) is 4.70. The van der Waals surface area contributed by atoms with Gasteiger partial charge >= 0.3 is 0 Å². The number of rotatable bonds is 3. The highest BCUT2D eigenvalue weighted by Gasteiger charge is 2.39. The summed E-state index contributed by atoms with van der Waals surface area (Å²) in [5.74, 6) is 1.90.